The molecule has 114 valence electrons. The highest BCUT2D eigenvalue weighted by Gasteiger charge is 2.30. The normalized spacial score (nSPS) is 16.2. The van der Waals surface area contributed by atoms with E-state index in [9.17, 15) is 9.59 Å². The molecule has 1 atom stereocenters. The van der Waals surface area contributed by atoms with E-state index in [2.05, 4.69) is 10.6 Å². The van der Waals surface area contributed by atoms with Crippen LogP contribution in [0.25, 0.3) is 0 Å². The second-order valence-corrected chi connectivity index (χ2v) is 6.68. The largest absolute Gasteiger partial charge is 0.326 e. The van der Waals surface area contributed by atoms with Crippen LogP contribution in [0.3, 0.4) is 0 Å². The van der Waals surface area contributed by atoms with Gasteiger partial charge in [-0.15, -0.1) is 0 Å². The van der Waals surface area contributed by atoms with Crippen LogP contribution in [0.15, 0.2) is 24.3 Å². The van der Waals surface area contributed by atoms with Crippen molar-refractivity contribution in [1.82, 2.24) is 0 Å². The lowest BCUT2D eigenvalue weighted by Crippen LogP contribution is -2.45. The van der Waals surface area contributed by atoms with Gasteiger partial charge >= 0.3 is 0 Å². The van der Waals surface area contributed by atoms with E-state index in [0.717, 1.165) is 12.8 Å². The smallest absolute Gasteiger partial charge is 0.241 e. The monoisotopic (exact) mass is 289 g/mol. The van der Waals surface area contributed by atoms with E-state index < -0.39 is 6.04 Å². The number of benzene rings is 1. The van der Waals surface area contributed by atoms with E-state index in [1.807, 2.05) is 20.8 Å². The predicted octanol–water partition coefficient (Wildman–Crippen LogP) is 2.35. The van der Waals surface area contributed by atoms with Crippen molar-refractivity contribution >= 4 is 23.2 Å². The molecule has 0 bridgehead atoms. The fraction of sp³-hybridized carbons (Fsp3) is 0.500. The highest BCUT2D eigenvalue weighted by atomic mass is 16.2. The number of carbonyl (C=O) groups excluding carboxylic acids is 2. The van der Waals surface area contributed by atoms with Gasteiger partial charge in [0.25, 0.3) is 0 Å². The van der Waals surface area contributed by atoms with Crippen molar-refractivity contribution in [2.24, 2.45) is 17.1 Å². The van der Waals surface area contributed by atoms with Crippen molar-refractivity contribution in [1.29, 1.82) is 0 Å². The lowest BCUT2D eigenvalue weighted by Gasteiger charge is -2.25. The van der Waals surface area contributed by atoms with Crippen LogP contribution in [0.2, 0.25) is 0 Å². The van der Waals surface area contributed by atoms with Gasteiger partial charge in [-0.05, 0) is 36.5 Å². The molecule has 1 aliphatic carbocycles. The highest BCUT2D eigenvalue weighted by molar-refractivity contribution is 5.97. The highest BCUT2D eigenvalue weighted by Crippen LogP contribution is 2.30. The number of hydrogen-bond donors (Lipinski definition) is 3. The van der Waals surface area contributed by atoms with Crippen LogP contribution in [0.5, 0.6) is 0 Å². The predicted molar refractivity (Wildman–Crippen MR) is 83.9 cm³/mol. The van der Waals surface area contributed by atoms with Gasteiger partial charge in [-0.3, -0.25) is 9.59 Å². The first-order valence-corrected chi connectivity index (χ1v) is 7.25. The molecule has 2 rings (SSSR count). The minimum absolute atomic E-state index is 0.0462. The molecule has 1 aromatic rings. The molecule has 0 heterocycles. The average molecular weight is 289 g/mol. The fourth-order valence-corrected chi connectivity index (χ4v) is 1.88. The third-order valence-electron chi connectivity index (χ3n) is 3.56. The van der Waals surface area contributed by atoms with Gasteiger partial charge in [0.05, 0.1) is 6.04 Å². The van der Waals surface area contributed by atoms with Crippen LogP contribution in [-0.4, -0.2) is 17.9 Å². The minimum atomic E-state index is -0.595. The second-order valence-electron chi connectivity index (χ2n) is 6.68. The van der Waals surface area contributed by atoms with Gasteiger partial charge in [0.2, 0.25) is 11.8 Å². The molecule has 0 aliphatic heterocycles. The van der Waals surface area contributed by atoms with Crippen molar-refractivity contribution in [3.05, 3.63) is 24.3 Å². The van der Waals surface area contributed by atoms with Gasteiger partial charge in [-0.25, -0.2) is 0 Å². The zero-order valence-corrected chi connectivity index (χ0v) is 12.8. The molecule has 1 aromatic carbocycles. The number of anilines is 2. The maximum Gasteiger partial charge on any atom is 0.241 e. The van der Waals surface area contributed by atoms with E-state index in [4.69, 9.17) is 5.73 Å². The summed E-state index contributed by atoms with van der Waals surface area (Å²) in [5, 5.41) is 5.65. The fourth-order valence-electron chi connectivity index (χ4n) is 1.88. The van der Waals surface area contributed by atoms with Gasteiger partial charge in [-0.1, -0.05) is 26.8 Å². The summed E-state index contributed by atoms with van der Waals surface area (Å²) in [7, 11) is 0. The molecule has 1 aliphatic rings. The first kappa shape index (κ1) is 15.5. The number of nitrogens with one attached hydrogen (secondary N) is 2. The molecular formula is C16H23N3O2. The summed E-state index contributed by atoms with van der Waals surface area (Å²) in [4.78, 5) is 23.8. The molecule has 0 spiro atoms. The van der Waals surface area contributed by atoms with Gasteiger partial charge in [0.15, 0.2) is 0 Å². The Morgan fingerprint density at radius 1 is 1.19 bits per heavy atom. The lowest BCUT2D eigenvalue weighted by molar-refractivity contribution is -0.119. The van der Waals surface area contributed by atoms with Crippen LogP contribution >= 0.6 is 0 Å². The molecule has 0 saturated heterocycles. The SMILES string of the molecule is CC(C)(C)[C@H](N)C(=O)Nc1cccc(NC(=O)C2CC2)c1. The third-order valence-corrected chi connectivity index (χ3v) is 3.56. The summed E-state index contributed by atoms with van der Waals surface area (Å²) in [5.41, 5.74) is 6.95. The van der Waals surface area contributed by atoms with Gasteiger partial charge in [-0.2, -0.15) is 0 Å². The van der Waals surface area contributed by atoms with E-state index in [1.54, 1.807) is 24.3 Å². The Bertz CT molecular complexity index is 545. The minimum Gasteiger partial charge on any atom is -0.326 e. The van der Waals surface area contributed by atoms with E-state index in [-0.39, 0.29) is 23.1 Å². The van der Waals surface area contributed by atoms with Crippen LogP contribution in [0.4, 0.5) is 11.4 Å². The Hall–Kier alpha value is -1.88. The molecule has 4 N–H and O–H groups in total. The van der Waals surface area contributed by atoms with Crippen LogP contribution < -0.4 is 16.4 Å². The Labute approximate surface area is 125 Å². The maximum absolute atomic E-state index is 12.1. The maximum atomic E-state index is 12.1. The molecule has 1 fully saturated rings. The van der Waals surface area contributed by atoms with E-state index in [0.29, 0.717) is 11.4 Å². The van der Waals surface area contributed by atoms with Crippen molar-refractivity contribution in [2.45, 2.75) is 39.7 Å². The summed E-state index contributed by atoms with van der Waals surface area (Å²) in [6.07, 6.45) is 1.92. The molecule has 21 heavy (non-hydrogen) atoms. The van der Waals surface area contributed by atoms with Crippen LogP contribution in [0.1, 0.15) is 33.6 Å². The van der Waals surface area contributed by atoms with E-state index >= 15 is 0 Å². The number of hydrogen-bond acceptors (Lipinski definition) is 3. The van der Waals surface area contributed by atoms with Crippen molar-refractivity contribution < 1.29 is 9.59 Å². The standard InChI is InChI=1S/C16H23N3O2/c1-16(2,3)13(17)15(21)19-12-6-4-5-11(9-12)18-14(20)10-7-8-10/h4-6,9-10,13H,7-8,17H2,1-3H3,(H,18,20)(H,19,21)/t13-/m1/s1. The van der Waals surface area contributed by atoms with Crippen LogP contribution in [0, 0.1) is 11.3 Å². The topological polar surface area (TPSA) is 84.2 Å². The molecule has 0 radical (unpaired) electrons. The third kappa shape index (κ3) is 4.29. The molecule has 5 heteroatoms. The first-order valence-electron chi connectivity index (χ1n) is 7.25. The Morgan fingerprint density at radius 3 is 2.29 bits per heavy atom. The quantitative estimate of drug-likeness (QED) is 0.795. The number of nitrogens with two attached hydrogens (primary N) is 1. The summed E-state index contributed by atoms with van der Waals surface area (Å²) in [6.45, 7) is 5.76. The molecule has 2 amide bonds. The van der Waals surface area contributed by atoms with Crippen molar-refractivity contribution in [2.75, 3.05) is 10.6 Å². The molecular weight excluding hydrogens is 266 g/mol. The van der Waals surface area contributed by atoms with Crippen molar-refractivity contribution in [3.8, 4) is 0 Å². The number of amides is 2. The first-order chi connectivity index (χ1) is 9.77. The summed E-state index contributed by atoms with van der Waals surface area (Å²) >= 11 is 0. The summed E-state index contributed by atoms with van der Waals surface area (Å²) in [5.74, 6) is -0.0319. The number of rotatable bonds is 4. The summed E-state index contributed by atoms with van der Waals surface area (Å²) in [6, 6.07) is 6.52. The Morgan fingerprint density at radius 2 is 1.76 bits per heavy atom. The summed E-state index contributed by atoms with van der Waals surface area (Å²) < 4.78 is 0. The zero-order valence-electron chi connectivity index (χ0n) is 12.8. The van der Waals surface area contributed by atoms with E-state index in [1.165, 1.54) is 0 Å². The molecule has 0 aromatic heterocycles. The molecule has 5 nitrogen and oxygen atoms in total. The number of carbonyl (C=O) groups is 2. The Balaban J connectivity index is 2.00. The van der Waals surface area contributed by atoms with Gasteiger partial charge in [0.1, 0.15) is 0 Å². The van der Waals surface area contributed by atoms with Crippen molar-refractivity contribution in [3.63, 3.8) is 0 Å². The van der Waals surface area contributed by atoms with Gasteiger partial charge < -0.3 is 16.4 Å². The lowest BCUT2D eigenvalue weighted by atomic mass is 9.87. The van der Waals surface area contributed by atoms with Gasteiger partial charge in [0, 0.05) is 17.3 Å². The average Bonchev–Trinajstić information content (AvgIpc) is 3.21. The van der Waals surface area contributed by atoms with Crippen LogP contribution in [-0.2, 0) is 9.59 Å². The second kappa shape index (κ2) is 5.85. The Kier molecular flexibility index (Phi) is 4.32. The zero-order chi connectivity index (χ0) is 15.6. The molecule has 0 unspecified atom stereocenters. The molecule has 1 saturated carbocycles.